The van der Waals surface area contributed by atoms with Gasteiger partial charge in [-0.25, -0.2) is 0 Å². The van der Waals surface area contributed by atoms with Gasteiger partial charge in [-0.1, -0.05) is 6.92 Å². The number of hydrogen-bond acceptors (Lipinski definition) is 4. The maximum Gasteiger partial charge on any atom is 0.119 e. The maximum atomic E-state index is 8.80. The largest absolute Gasteiger partial charge is 0.492 e. The van der Waals surface area contributed by atoms with Crippen molar-refractivity contribution in [3.63, 3.8) is 0 Å². The van der Waals surface area contributed by atoms with Crippen molar-refractivity contribution in [2.24, 2.45) is 0 Å². The molecule has 0 aliphatic carbocycles. The van der Waals surface area contributed by atoms with Gasteiger partial charge < -0.3 is 4.74 Å². The van der Waals surface area contributed by atoms with Crippen LogP contribution in [0.3, 0.4) is 0 Å². The molecule has 2 heterocycles. The van der Waals surface area contributed by atoms with Gasteiger partial charge in [0.05, 0.1) is 11.6 Å². The summed E-state index contributed by atoms with van der Waals surface area (Å²) in [5.41, 5.74) is 2.18. The molecular formula is C18H20N2OS. The molecule has 114 valence electrons. The second-order valence-electron chi connectivity index (χ2n) is 5.49. The van der Waals surface area contributed by atoms with E-state index >= 15 is 0 Å². The van der Waals surface area contributed by atoms with Crippen molar-refractivity contribution < 1.29 is 4.74 Å². The molecule has 1 atom stereocenters. The van der Waals surface area contributed by atoms with E-state index in [1.165, 1.54) is 5.56 Å². The highest BCUT2D eigenvalue weighted by Crippen LogP contribution is 2.34. The van der Waals surface area contributed by atoms with Crippen LogP contribution in [0.15, 0.2) is 35.7 Å². The lowest BCUT2D eigenvalue weighted by atomic mass is 9.98. The summed E-state index contributed by atoms with van der Waals surface area (Å²) < 4.78 is 5.82. The zero-order valence-corrected chi connectivity index (χ0v) is 13.6. The molecule has 1 aromatic carbocycles. The molecule has 0 fully saturated rings. The van der Waals surface area contributed by atoms with Gasteiger partial charge in [0.15, 0.2) is 0 Å². The molecule has 1 aliphatic heterocycles. The Balaban J connectivity index is 1.56. The quantitative estimate of drug-likeness (QED) is 0.837. The summed E-state index contributed by atoms with van der Waals surface area (Å²) in [5.74, 6) is 0.834. The maximum absolute atomic E-state index is 8.80. The van der Waals surface area contributed by atoms with Crippen molar-refractivity contribution >= 4 is 11.3 Å². The van der Waals surface area contributed by atoms with Gasteiger partial charge in [0, 0.05) is 24.0 Å². The summed E-state index contributed by atoms with van der Waals surface area (Å²) in [4.78, 5) is 4.08. The van der Waals surface area contributed by atoms with E-state index in [-0.39, 0.29) is 0 Å². The Labute approximate surface area is 135 Å². The number of benzene rings is 1. The monoisotopic (exact) mass is 312 g/mol. The van der Waals surface area contributed by atoms with Crippen LogP contribution < -0.4 is 4.74 Å². The molecule has 22 heavy (non-hydrogen) atoms. The number of ether oxygens (including phenoxy) is 1. The molecule has 0 spiro atoms. The van der Waals surface area contributed by atoms with Crippen LogP contribution in [0.5, 0.6) is 5.75 Å². The lowest BCUT2D eigenvalue weighted by molar-refractivity contribution is 0.148. The first kappa shape index (κ1) is 15.1. The molecule has 0 amide bonds. The fourth-order valence-electron chi connectivity index (χ4n) is 3.10. The first-order valence-electron chi connectivity index (χ1n) is 7.75. The average molecular weight is 312 g/mol. The van der Waals surface area contributed by atoms with E-state index < -0.39 is 0 Å². The van der Waals surface area contributed by atoms with E-state index in [0.29, 0.717) is 18.2 Å². The Kier molecular flexibility index (Phi) is 4.77. The summed E-state index contributed by atoms with van der Waals surface area (Å²) in [6.07, 6.45) is 2.29. The molecule has 2 aromatic rings. The number of thiophene rings is 1. The second kappa shape index (κ2) is 6.95. The van der Waals surface area contributed by atoms with Crippen molar-refractivity contribution in [3.8, 4) is 11.8 Å². The SMILES string of the molecule is CCC1c2ccsc2CCN1CCOc1ccc(C#N)cc1. The standard InChI is InChI=1S/C18H20N2OS/c1-2-17-16-8-12-22-18(16)7-9-20(17)10-11-21-15-5-3-14(13-19)4-6-15/h3-6,8,12,17H,2,7,9-11H2,1H3. The lowest BCUT2D eigenvalue weighted by Crippen LogP contribution is -2.37. The normalized spacial score (nSPS) is 17.7. The van der Waals surface area contributed by atoms with E-state index in [0.717, 1.165) is 31.7 Å². The average Bonchev–Trinajstić information content (AvgIpc) is 3.04. The van der Waals surface area contributed by atoms with Gasteiger partial charge >= 0.3 is 0 Å². The van der Waals surface area contributed by atoms with E-state index in [9.17, 15) is 0 Å². The molecule has 0 saturated carbocycles. The molecule has 0 N–H and O–H groups in total. The fraction of sp³-hybridized carbons (Fsp3) is 0.389. The van der Waals surface area contributed by atoms with Crippen LogP contribution in [0.4, 0.5) is 0 Å². The van der Waals surface area contributed by atoms with E-state index in [2.05, 4.69) is 29.3 Å². The molecule has 1 unspecified atom stereocenters. The van der Waals surface area contributed by atoms with Crippen molar-refractivity contribution in [2.45, 2.75) is 25.8 Å². The molecule has 1 aliphatic rings. The Morgan fingerprint density at radius 3 is 2.86 bits per heavy atom. The van der Waals surface area contributed by atoms with Crippen LogP contribution in [0.2, 0.25) is 0 Å². The topological polar surface area (TPSA) is 36.3 Å². The number of nitrogens with zero attached hydrogens (tertiary/aromatic N) is 2. The van der Waals surface area contributed by atoms with Gasteiger partial charge in [-0.15, -0.1) is 11.3 Å². The van der Waals surface area contributed by atoms with E-state index in [1.807, 2.05) is 23.5 Å². The van der Waals surface area contributed by atoms with Crippen LogP contribution in [0, 0.1) is 11.3 Å². The van der Waals surface area contributed by atoms with E-state index in [4.69, 9.17) is 10.00 Å². The third kappa shape index (κ3) is 3.16. The Morgan fingerprint density at radius 2 is 2.14 bits per heavy atom. The highest BCUT2D eigenvalue weighted by molar-refractivity contribution is 7.10. The minimum Gasteiger partial charge on any atom is -0.492 e. The molecule has 1 aromatic heterocycles. The zero-order chi connectivity index (χ0) is 15.4. The van der Waals surface area contributed by atoms with Gasteiger partial charge in [-0.3, -0.25) is 4.90 Å². The molecule has 0 bridgehead atoms. The lowest BCUT2D eigenvalue weighted by Gasteiger charge is -2.35. The summed E-state index contributed by atoms with van der Waals surface area (Å²) in [5, 5.41) is 11.0. The van der Waals surface area contributed by atoms with Crippen molar-refractivity contribution in [1.82, 2.24) is 4.90 Å². The van der Waals surface area contributed by atoms with Gasteiger partial charge in [-0.05, 0) is 54.1 Å². The summed E-state index contributed by atoms with van der Waals surface area (Å²) in [6, 6.07) is 12.2. The first-order valence-corrected chi connectivity index (χ1v) is 8.63. The number of nitriles is 1. The Hall–Kier alpha value is -1.83. The van der Waals surface area contributed by atoms with Crippen molar-refractivity contribution in [2.75, 3.05) is 19.7 Å². The van der Waals surface area contributed by atoms with Crippen LogP contribution in [-0.4, -0.2) is 24.6 Å². The molecule has 3 nitrogen and oxygen atoms in total. The summed E-state index contributed by atoms with van der Waals surface area (Å²) >= 11 is 1.89. The summed E-state index contributed by atoms with van der Waals surface area (Å²) in [6.45, 7) is 4.99. The smallest absolute Gasteiger partial charge is 0.119 e. The number of hydrogen-bond donors (Lipinski definition) is 0. The summed E-state index contributed by atoms with van der Waals surface area (Å²) in [7, 11) is 0. The molecular weight excluding hydrogens is 292 g/mol. The van der Waals surface area contributed by atoms with Gasteiger partial charge in [-0.2, -0.15) is 5.26 Å². The van der Waals surface area contributed by atoms with Crippen molar-refractivity contribution in [3.05, 3.63) is 51.7 Å². The van der Waals surface area contributed by atoms with Crippen LogP contribution in [0.25, 0.3) is 0 Å². The van der Waals surface area contributed by atoms with E-state index in [1.54, 1.807) is 17.0 Å². The van der Waals surface area contributed by atoms with Crippen LogP contribution in [-0.2, 0) is 6.42 Å². The molecule has 3 rings (SSSR count). The first-order chi connectivity index (χ1) is 10.8. The Bertz CT molecular complexity index is 656. The second-order valence-corrected chi connectivity index (χ2v) is 6.49. The minimum absolute atomic E-state index is 0.527. The van der Waals surface area contributed by atoms with Crippen LogP contribution in [0.1, 0.15) is 35.4 Å². The number of rotatable bonds is 5. The van der Waals surface area contributed by atoms with Gasteiger partial charge in [0.1, 0.15) is 12.4 Å². The third-order valence-electron chi connectivity index (χ3n) is 4.22. The van der Waals surface area contributed by atoms with Gasteiger partial charge in [0.25, 0.3) is 0 Å². The highest BCUT2D eigenvalue weighted by Gasteiger charge is 2.26. The number of fused-ring (bicyclic) bond motifs is 1. The fourth-order valence-corrected chi connectivity index (χ4v) is 4.03. The Morgan fingerprint density at radius 1 is 1.32 bits per heavy atom. The predicted octanol–water partition coefficient (Wildman–Crippen LogP) is 4.01. The zero-order valence-electron chi connectivity index (χ0n) is 12.8. The molecule has 0 radical (unpaired) electrons. The molecule has 0 saturated heterocycles. The third-order valence-corrected chi connectivity index (χ3v) is 5.22. The van der Waals surface area contributed by atoms with Crippen LogP contribution >= 0.6 is 11.3 Å². The van der Waals surface area contributed by atoms with Gasteiger partial charge in [0.2, 0.25) is 0 Å². The minimum atomic E-state index is 0.527. The predicted molar refractivity (Wildman–Crippen MR) is 89.3 cm³/mol. The highest BCUT2D eigenvalue weighted by atomic mass is 32.1. The molecule has 4 heteroatoms. The van der Waals surface area contributed by atoms with Crippen molar-refractivity contribution in [1.29, 1.82) is 5.26 Å².